The molecule has 2 rings (SSSR count). The first-order valence-electron chi connectivity index (χ1n) is 5.51. The van der Waals surface area contributed by atoms with Gasteiger partial charge in [-0.1, -0.05) is 0 Å². The van der Waals surface area contributed by atoms with Crippen LogP contribution in [0, 0.1) is 13.8 Å². The number of hydrogen-bond donors (Lipinski definition) is 1. The average Bonchev–Trinajstić information content (AvgIpc) is 2.69. The molecule has 1 aromatic rings. The largest absolute Gasteiger partial charge is 0.341 e. The van der Waals surface area contributed by atoms with E-state index >= 15 is 0 Å². The second-order valence-electron chi connectivity index (χ2n) is 4.07. The fourth-order valence-corrected chi connectivity index (χ4v) is 2.08. The molecular formula is C11H18N4. The highest BCUT2D eigenvalue weighted by molar-refractivity contribution is 5.37. The van der Waals surface area contributed by atoms with Crippen LogP contribution in [-0.4, -0.2) is 23.1 Å². The Morgan fingerprint density at radius 3 is 2.13 bits per heavy atom. The van der Waals surface area contributed by atoms with Gasteiger partial charge in [0.15, 0.2) is 0 Å². The molecule has 0 atom stereocenters. The van der Waals surface area contributed by atoms with Crippen molar-refractivity contribution in [2.75, 3.05) is 18.0 Å². The third kappa shape index (κ3) is 1.95. The van der Waals surface area contributed by atoms with E-state index in [4.69, 9.17) is 5.73 Å². The number of hydrogen-bond acceptors (Lipinski definition) is 4. The molecule has 0 spiro atoms. The van der Waals surface area contributed by atoms with Gasteiger partial charge in [-0.15, -0.1) is 0 Å². The molecule has 4 heteroatoms. The highest BCUT2D eigenvalue weighted by atomic mass is 15.3. The van der Waals surface area contributed by atoms with Crippen molar-refractivity contribution in [3.8, 4) is 0 Å². The third-order valence-corrected chi connectivity index (χ3v) is 3.00. The predicted octanol–water partition coefficient (Wildman–Crippen LogP) is 1.15. The Kier molecular flexibility index (Phi) is 2.86. The van der Waals surface area contributed by atoms with Gasteiger partial charge in [-0.2, -0.15) is 0 Å². The lowest BCUT2D eigenvalue weighted by Gasteiger charge is -2.17. The summed E-state index contributed by atoms with van der Waals surface area (Å²) in [7, 11) is 0. The summed E-state index contributed by atoms with van der Waals surface area (Å²) in [4.78, 5) is 11.3. The average molecular weight is 206 g/mol. The van der Waals surface area contributed by atoms with Gasteiger partial charge in [-0.3, -0.25) is 0 Å². The quantitative estimate of drug-likeness (QED) is 0.788. The standard InChI is InChI=1S/C11H18N4/c1-8-10(7-12)9(2)14-11(13-8)15-5-3-4-6-15/h3-7,12H2,1-2H3. The van der Waals surface area contributed by atoms with Crippen LogP contribution in [0.1, 0.15) is 29.8 Å². The number of rotatable bonds is 2. The first-order valence-corrected chi connectivity index (χ1v) is 5.51. The number of aryl methyl sites for hydroxylation is 2. The van der Waals surface area contributed by atoms with E-state index < -0.39 is 0 Å². The van der Waals surface area contributed by atoms with E-state index in [0.717, 1.165) is 36.0 Å². The van der Waals surface area contributed by atoms with E-state index in [9.17, 15) is 0 Å². The van der Waals surface area contributed by atoms with Gasteiger partial charge in [-0.05, 0) is 26.7 Å². The van der Waals surface area contributed by atoms with Gasteiger partial charge in [0, 0.05) is 36.6 Å². The van der Waals surface area contributed by atoms with Gasteiger partial charge in [0.1, 0.15) is 0 Å². The lowest BCUT2D eigenvalue weighted by molar-refractivity contribution is 0.853. The summed E-state index contributed by atoms with van der Waals surface area (Å²) in [5.74, 6) is 0.875. The van der Waals surface area contributed by atoms with Crippen molar-refractivity contribution in [2.24, 2.45) is 5.73 Å². The maximum atomic E-state index is 5.66. The van der Waals surface area contributed by atoms with Crippen molar-refractivity contribution >= 4 is 5.95 Å². The summed E-state index contributed by atoms with van der Waals surface area (Å²) in [6.45, 7) is 6.71. The first-order chi connectivity index (χ1) is 7.22. The van der Waals surface area contributed by atoms with Gasteiger partial charge in [0.05, 0.1) is 0 Å². The summed E-state index contributed by atoms with van der Waals surface area (Å²) in [5, 5.41) is 0. The molecule has 1 saturated heterocycles. The topological polar surface area (TPSA) is 55.0 Å². The van der Waals surface area contributed by atoms with E-state index in [2.05, 4.69) is 14.9 Å². The molecular weight excluding hydrogens is 188 g/mol. The highest BCUT2D eigenvalue weighted by Gasteiger charge is 2.16. The zero-order chi connectivity index (χ0) is 10.8. The van der Waals surface area contributed by atoms with E-state index in [0.29, 0.717) is 6.54 Å². The zero-order valence-corrected chi connectivity index (χ0v) is 9.45. The van der Waals surface area contributed by atoms with Crippen LogP contribution in [0.4, 0.5) is 5.95 Å². The zero-order valence-electron chi connectivity index (χ0n) is 9.45. The second kappa shape index (κ2) is 4.14. The Morgan fingerprint density at radius 2 is 1.67 bits per heavy atom. The summed E-state index contributed by atoms with van der Waals surface area (Å²) in [6.07, 6.45) is 2.50. The molecule has 2 heterocycles. The van der Waals surface area contributed by atoms with E-state index in [-0.39, 0.29) is 0 Å². The molecule has 82 valence electrons. The van der Waals surface area contributed by atoms with Crippen LogP contribution < -0.4 is 10.6 Å². The lowest BCUT2D eigenvalue weighted by Crippen LogP contribution is -2.22. The van der Waals surface area contributed by atoms with Crippen LogP contribution in [0.15, 0.2) is 0 Å². The minimum atomic E-state index is 0.526. The molecule has 0 aliphatic carbocycles. The summed E-state index contributed by atoms with van der Waals surface area (Å²) >= 11 is 0. The van der Waals surface area contributed by atoms with Gasteiger partial charge in [0.2, 0.25) is 5.95 Å². The van der Waals surface area contributed by atoms with Crippen molar-refractivity contribution in [1.29, 1.82) is 0 Å². The molecule has 2 N–H and O–H groups in total. The number of anilines is 1. The minimum absolute atomic E-state index is 0.526. The summed E-state index contributed by atoms with van der Waals surface area (Å²) in [6, 6.07) is 0. The Labute approximate surface area is 90.5 Å². The van der Waals surface area contributed by atoms with Crippen molar-refractivity contribution in [2.45, 2.75) is 33.2 Å². The smallest absolute Gasteiger partial charge is 0.225 e. The fraction of sp³-hybridized carbons (Fsp3) is 0.636. The minimum Gasteiger partial charge on any atom is -0.341 e. The third-order valence-electron chi connectivity index (χ3n) is 3.00. The van der Waals surface area contributed by atoms with Crippen LogP contribution in [0.25, 0.3) is 0 Å². The highest BCUT2D eigenvalue weighted by Crippen LogP contribution is 2.18. The van der Waals surface area contributed by atoms with Gasteiger partial charge >= 0.3 is 0 Å². The van der Waals surface area contributed by atoms with E-state index in [1.165, 1.54) is 12.8 Å². The Balaban J connectivity index is 2.33. The van der Waals surface area contributed by atoms with Crippen LogP contribution in [-0.2, 0) is 6.54 Å². The lowest BCUT2D eigenvalue weighted by atomic mass is 10.2. The molecule has 0 saturated carbocycles. The van der Waals surface area contributed by atoms with Gasteiger partial charge in [0.25, 0.3) is 0 Å². The van der Waals surface area contributed by atoms with Crippen molar-refractivity contribution in [3.05, 3.63) is 17.0 Å². The summed E-state index contributed by atoms with van der Waals surface area (Å²) < 4.78 is 0. The summed E-state index contributed by atoms with van der Waals surface area (Å²) in [5.41, 5.74) is 8.78. The van der Waals surface area contributed by atoms with Crippen LogP contribution in [0.2, 0.25) is 0 Å². The van der Waals surface area contributed by atoms with Crippen molar-refractivity contribution in [3.63, 3.8) is 0 Å². The van der Waals surface area contributed by atoms with Crippen LogP contribution in [0.5, 0.6) is 0 Å². The molecule has 0 unspecified atom stereocenters. The van der Waals surface area contributed by atoms with E-state index in [1.807, 2.05) is 13.8 Å². The molecule has 1 fully saturated rings. The SMILES string of the molecule is Cc1nc(N2CCCC2)nc(C)c1CN. The normalized spacial score (nSPS) is 16.1. The Bertz CT molecular complexity index is 333. The molecule has 0 amide bonds. The number of nitrogens with two attached hydrogens (primary N) is 1. The maximum absolute atomic E-state index is 5.66. The Hall–Kier alpha value is -1.16. The molecule has 0 radical (unpaired) electrons. The predicted molar refractivity (Wildman–Crippen MR) is 60.8 cm³/mol. The molecule has 4 nitrogen and oxygen atoms in total. The molecule has 0 bridgehead atoms. The first kappa shape index (κ1) is 10.4. The Morgan fingerprint density at radius 1 is 1.13 bits per heavy atom. The molecule has 1 aliphatic rings. The maximum Gasteiger partial charge on any atom is 0.225 e. The monoisotopic (exact) mass is 206 g/mol. The van der Waals surface area contributed by atoms with Gasteiger partial charge < -0.3 is 10.6 Å². The van der Waals surface area contributed by atoms with E-state index in [1.54, 1.807) is 0 Å². The van der Waals surface area contributed by atoms with Gasteiger partial charge in [-0.25, -0.2) is 9.97 Å². The van der Waals surface area contributed by atoms with Crippen LogP contribution in [0.3, 0.4) is 0 Å². The molecule has 0 aromatic carbocycles. The molecule has 1 aliphatic heterocycles. The molecule has 1 aromatic heterocycles. The van der Waals surface area contributed by atoms with Crippen molar-refractivity contribution < 1.29 is 0 Å². The number of aromatic nitrogens is 2. The fourth-order valence-electron chi connectivity index (χ4n) is 2.08. The molecule has 15 heavy (non-hydrogen) atoms. The van der Waals surface area contributed by atoms with Crippen LogP contribution >= 0.6 is 0 Å². The van der Waals surface area contributed by atoms with Crippen molar-refractivity contribution in [1.82, 2.24) is 9.97 Å². The second-order valence-corrected chi connectivity index (χ2v) is 4.07. The number of nitrogens with zero attached hydrogens (tertiary/aromatic N) is 3.